The fourth-order valence-electron chi connectivity index (χ4n) is 1.22. The van der Waals surface area contributed by atoms with Crippen LogP contribution >= 0.6 is 0 Å². The molecule has 1 aromatic rings. The van der Waals surface area contributed by atoms with Crippen LogP contribution in [0.25, 0.3) is 0 Å². The maximum Gasteiger partial charge on any atom is 0.335 e. The van der Waals surface area contributed by atoms with Gasteiger partial charge in [-0.3, -0.25) is 0 Å². The molecule has 0 saturated carbocycles. The number of benzene rings is 1. The molecular formula is C13H19NO7. The average Bonchev–Trinajstić information content (AvgIpc) is 2.46. The molecule has 0 spiro atoms. The van der Waals surface area contributed by atoms with E-state index in [9.17, 15) is 14.7 Å². The largest absolute Gasteiger partial charge is 0.479 e. The first-order valence-corrected chi connectivity index (χ1v) is 5.98. The highest BCUT2D eigenvalue weighted by Gasteiger charge is 2.29. The Bertz CT molecular complexity index is 431. The highest BCUT2D eigenvalue weighted by Crippen LogP contribution is 2.13. The van der Waals surface area contributed by atoms with Crippen molar-refractivity contribution in [3.63, 3.8) is 0 Å². The van der Waals surface area contributed by atoms with Gasteiger partial charge in [0.1, 0.15) is 0 Å². The normalized spacial score (nSPS) is 15.9. The molecule has 0 radical (unpaired) electrons. The number of nitrogens with two attached hydrogens (primary N) is 1. The first-order valence-electron chi connectivity index (χ1n) is 5.98. The average molecular weight is 301 g/mol. The second-order valence-corrected chi connectivity index (χ2v) is 4.28. The van der Waals surface area contributed by atoms with Gasteiger partial charge in [0, 0.05) is 6.04 Å². The lowest BCUT2D eigenvalue weighted by Crippen LogP contribution is -2.39. The van der Waals surface area contributed by atoms with Gasteiger partial charge in [-0.1, -0.05) is 30.3 Å². The Morgan fingerprint density at radius 1 is 0.952 bits per heavy atom. The van der Waals surface area contributed by atoms with Crippen LogP contribution in [0.1, 0.15) is 18.6 Å². The van der Waals surface area contributed by atoms with Crippen molar-refractivity contribution in [2.75, 3.05) is 0 Å². The third kappa shape index (κ3) is 6.82. The Kier molecular flexibility index (Phi) is 8.17. The molecule has 118 valence electrons. The van der Waals surface area contributed by atoms with Gasteiger partial charge in [0.15, 0.2) is 12.2 Å². The van der Waals surface area contributed by atoms with Crippen molar-refractivity contribution in [2.45, 2.75) is 31.3 Å². The zero-order valence-corrected chi connectivity index (χ0v) is 11.3. The molecule has 8 heteroatoms. The van der Waals surface area contributed by atoms with Crippen LogP contribution in [0.15, 0.2) is 30.3 Å². The van der Waals surface area contributed by atoms with E-state index in [0.29, 0.717) is 0 Å². The van der Waals surface area contributed by atoms with E-state index in [2.05, 4.69) is 0 Å². The smallest absolute Gasteiger partial charge is 0.335 e. The summed E-state index contributed by atoms with van der Waals surface area (Å²) in [5, 5.41) is 42.0. The molecule has 1 aromatic carbocycles. The number of carbonyl (C=O) groups is 2. The van der Waals surface area contributed by atoms with Crippen molar-refractivity contribution in [1.29, 1.82) is 0 Å². The fourth-order valence-corrected chi connectivity index (χ4v) is 1.22. The van der Waals surface area contributed by atoms with Crippen LogP contribution in [0.5, 0.6) is 0 Å². The van der Waals surface area contributed by atoms with Crippen molar-refractivity contribution in [3.8, 4) is 0 Å². The maximum absolute atomic E-state index is 9.77. The summed E-state index contributed by atoms with van der Waals surface area (Å²) >= 11 is 0. The van der Waals surface area contributed by atoms with Gasteiger partial charge < -0.3 is 31.3 Å². The Labute approximate surface area is 121 Å². The van der Waals surface area contributed by atoms with E-state index in [1.165, 1.54) is 0 Å². The predicted molar refractivity (Wildman–Crippen MR) is 72.3 cm³/mol. The minimum atomic E-state index is -2.27. The van der Waals surface area contributed by atoms with E-state index >= 15 is 0 Å². The molecule has 0 unspecified atom stereocenters. The Morgan fingerprint density at radius 2 is 1.33 bits per heavy atom. The third-order valence-corrected chi connectivity index (χ3v) is 2.44. The molecule has 0 aromatic heterocycles. The lowest BCUT2D eigenvalue weighted by atomic mass is 10.0. The molecule has 0 aliphatic heterocycles. The van der Waals surface area contributed by atoms with Crippen LogP contribution in [0.3, 0.4) is 0 Å². The predicted octanol–water partition coefficient (Wildman–Crippen LogP) is -1.06. The topological polar surface area (TPSA) is 161 Å². The van der Waals surface area contributed by atoms with Crippen molar-refractivity contribution in [3.05, 3.63) is 35.9 Å². The third-order valence-electron chi connectivity index (χ3n) is 2.44. The van der Waals surface area contributed by atoms with Gasteiger partial charge >= 0.3 is 11.9 Å². The fraction of sp³-hybridized carbons (Fsp3) is 0.385. The molecular weight excluding hydrogens is 282 g/mol. The van der Waals surface area contributed by atoms with E-state index in [4.69, 9.17) is 26.2 Å². The Hall–Kier alpha value is -2.00. The van der Waals surface area contributed by atoms with Crippen molar-refractivity contribution in [2.24, 2.45) is 5.73 Å². The zero-order chi connectivity index (χ0) is 16.6. The van der Waals surface area contributed by atoms with Crippen LogP contribution < -0.4 is 5.73 Å². The molecule has 8 nitrogen and oxygen atoms in total. The molecule has 0 saturated heterocycles. The number of carboxylic acid groups (broad SMARTS) is 2. The van der Waals surface area contributed by atoms with Gasteiger partial charge in [-0.2, -0.15) is 0 Å². The van der Waals surface area contributed by atoms with Gasteiger partial charge in [0.05, 0.1) is 6.10 Å². The van der Waals surface area contributed by atoms with E-state index in [1.807, 2.05) is 30.3 Å². The quantitative estimate of drug-likeness (QED) is 0.401. The number of hydrogen-bond acceptors (Lipinski definition) is 6. The first kappa shape index (κ1) is 19.0. The van der Waals surface area contributed by atoms with Gasteiger partial charge in [-0.25, -0.2) is 9.59 Å². The van der Waals surface area contributed by atoms with E-state index < -0.39 is 30.3 Å². The molecule has 0 bridgehead atoms. The molecule has 7 N–H and O–H groups in total. The lowest BCUT2D eigenvalue weighted by Gasteiger charge is -2.13. The highest BCUT2D eigenvalue weighted by molar-refractivity contribution is 5.83. The van der Waals surface area contributed by atoms with Crippen LogP contribution in [-0.4, -0.2) is 55.7 Å². The second-order valence-electron chi connectivity index (χ2n) is 4.28. The minimum absolute atomic E-state index is 0.211. The number of rotatable bonds is 5. The highest BCUT2D eigenvalue weighted by atomic mass is 16.4. The van der Waals surface area contributed by atoms with Gasteiger partial charge in [-0.15, -0.1) is 0 Å². The van der Waals surface area contributed by atoms with Gasteiger partial charge in [0.2, 0.25) is 0 Å². The first-order chi connectivity index (χ1) is 9.68. The molecule has 0 aliphatic carbocycles. The Balaban J connectivity index is 0.000000384. The summed E-state index contributed by atoms with van der Waals surface area (Å²) in [6.07, 6.45) is -5.08. The number of aliphatic carboxylic acids is 2. The molecule has 4 atom stereocenters. The van der Waals surface area contributed by atoms with Crippen LogP contribution in [-0.2, 0) is 9.59 Å². The van der Waals surface area contributed by atoms with Crippen LogP contribution in [0.2, 0.25) is 0 Å². The van der Waals surface area contributed by atoms with Crippen LogP contribution in [0.4, 0.5) is 0 Å². The van der Waals surface area contributed by atoms with Crippen molar-refractivity contribution >= 4 is 11.9 Å². The summed E-state index contributed by atoms with van der Waals surface area (Å²) < 4.78 is 0. The number of carboxylic acids is 2. The molecule has 0 heterocycles. The Morgan fingerprint density at radius 3 is 1.62 bits per heavy atom. The molecule has 1 rings (SSSR count). The minimum Gasteiger partial charge on any atom is -0.479 e. The number of hydrogen-bond donors (Lipinski definition) is 6. The summed E-state index contributed by atoms with van der Waals surface area (Å²) in [6.45, 7) is 1.79. The number of aliphatic hydroxyl groups is 3. The van der Waals surface area contributed by atoms with E-state index in [0.717, 1.165) is 5.56 Å². The lowest BCUT2D eigenvalue weighted by molar-refractivity contribution is -0.165. The summed E-state index contributed by atoms with van der Waals surface area (Å²) in [5.41, 5.74) is 6.40. The number of aliphatic hydroxyl groups excluding tert-OH is 3. The summed E-state index contributed by atoms with van der Waals surface area (Å²) in [7, 11) is 0. The monoisotopic (exact) mass is 301 g/mol. The van der Waals surface area contributed by atoms with E-state index in [1.54, 1.807) is 6.92 Å². The molecule has 0 aliphatic rings. The summed E-state index contributed by atoms with van der Waals surface area (Å²) in [5.74, 6) is -3.54. The summed E-state index contributed by atoms with van der Waals surface area (Å²) in [4.78, 5) is 19.5. The summed E-state index contributed by atoms with van der Waals surface area (Å²) in [6, 6.07) is 9.22. The second kappa shape index (κ2) is 9.03. The van der Waals surface area contributed by atoms with Crippen molar-refractivity contribution < 1.29 is 35.1 Å². The van der Waals surface area contributed by atoms with E-state index in [-0.39, 0.29) is 6.04 Å². The van der Waals surface area contributed by atoms with Gasteiger partial charge in [0.25, 0.3) is 0 Å². The zero-order valence-electron chi connectivity index (χ0n) is 11.3. The van der Waals surface area contributed by atoms with Crippen molar-refractivity contribution in [1.82, 2.24) is 0 Å². The molecule has 0 fully saturated rings. The van der Waals surface area contributed by atoms with Crippen LogP contribution in [0, 0.1) is 0 Å². The van der Waals surface area contributed by atoms with Gasteiger partial charge in [-0.05, 0) is 12.5 Å². The molecule has 21 heavy (non-hydrogen) atoms. The SMILES string of the molecule is C[C@H](N)[C@H](O)c1ccccc1.O=C(O)[C@H](O)[C@@H](O)C(=O)O. The molecule has 0 amide bonds. The maximum atomic E-state index is 9.77. The standard InChI is InChI=1S/C9H13NO.C4H6O6/c1-7(10)9(11)8-5-3-2-4-6-8;5-1(3(7)8)2(6)4(9)10/h2-7,9,11H,10H2,1H3;1-2,5-6H,(H,7,8)(H,9,10)/t7-,9-;1-,2-/m01/s1.